The molecule has 17 heavy (non-hydrogen) atoms. The summed E-state index contributed by atoms with van der Waals surface area (Å²) in [5, 5.41) is 4.50. The number of hydrogen-bond donors (Lipinski definition) is 1. The van der Waals surface area contributed by atoms with E-state index in [1.54, 1.807) is 0 Å². The first-order valence-corrected chi connectivity index (χ1v) is 6.34. The first kappa shape index (κ1) is 11.0. The molecule has 1 aromatic heterocycles. The summed E-state index contributed by atoms with van der Waals surface area (Å²) < 4.78 is 7.35. The number of anilines is 1. The summed E-state index contributed by atoms with van der Waals surface area (Å²) in [5.41, 5.74) is 8.57. The van der Waals surface area contributed by atoms with Gasteiger partial charge in [0, 0.05) is 24.7 Å². The second kappa shape index (κ2) is 3.99. The lowest BCUT2D eigenvalue weighted by Gasteiger charge is -2.33. The SMILES string of the molecule is CC(C)N1CCc2c(N)nn(C3COC3)c2C1. The van der Waals surface area contributed by atoms with Gasteiger partial charge in [0.15, 0.2) is 0 Å². The van der Waals surface area contributed by atoms with Crippen LogP contribution in [0.25, 0.3) is 0 Å². The monoisotopic (exact) mass is 236 g/mol. The lowest BCUT2D eigenvalue weighted by molar-refractivity contribution is -0.0309. The third kappa shape index (κ3) is 1.73. The summed E-state index contributed by atoms with van der Waals surface area (Å²) in [7, 11) is 0. The van der Waals surface area contributed by atoms with Crippen molar-refractivity contribution in [1.82, 2.24) is 14.7 Å². The standard InChI is InChI=1S/C12H20N4O/c1-8(2)15-4-3-10-11(5-15)16(14-12(10)13)9-6-17-7-9/h8-9H,3-7H2,1-2H3,(H2,13,14). The molecule has 5 heteroatoms. The molecule has 1 saturated heterocycles. The minimum Gasteiger partial charge on any atom is -0.382 e. The summed E-state index contributed by atoms with van der Waals surface area (Å²) in [5.74, 6) is 0.718. The zero-order valence-corrected chi connectivity index (χ0v) is 10.5. The fraction of sp³-hybridized carbons (Fsp3) is 0.750. The smallest absolute Gasteiger partial charge is 0.149 e. The van der Waals surface area contributed by atoms with Gasteiger partial charge in [-0.2, -0.15) is 5.10 Å². The lowest BCUT2D eigenvalue weighted by atomic mass is 10.0. The van der Waals surface area contributed by atoms with Crippen molar-refractivity contribution in [3.05, 3.63) is 11.3 Å². The van der Waals surface area contributed by atoms with Gasteiger partial charge in [-0.15, -0.1) is 0 Å². The van der Waals surface area contributed by atoms with Gasteiger partial charge >= 0.3 is 0 Å². The van der Waals surface area contributed by atoms with Crippen molar-refractivity contribution in [2.75, 3.05) is 25.5 Å². The molecule has 1 fully saturated rings. The van der Waals surface area contributed by atoms with Crippen LogP contribution in [0, 0.1) is 0 Å². The molecule has 0 bridgehead atoms. The maximum absolute atomic E-state index is 6.01. The number of hydrogen-bond acceptors (Lipinski definition) is 4. The molecule has 0 saturated carbocycles. The van der Waals surface area contributed by atoms with Crippen LogP contribution in [0.2, 0.25) is 0 Å². The van der Waals surface area contributed by atoms with Crippen LogP contribution in [-0.4, -0.2) is 40.5 Å². The second-order valence-electron chi connectivity index (χ2n) is 5.26. The number of nitrogens with zero attached hydrogens (tertiary/aromatic N) is 3. The highest BCUT2D eigenvalue weighted by molar-refractivity contribution is 5.44. The highest BCUT2D eigenvalue weighted by atomic mass is 16.5. The highest BCUT2D eigenvalue weighted by Crippen LogP contribution is 2.29. The number of nitrogen functional groups attached to an aromatic ring is 1. The molecule has 2 N–H and O–H groups in total. The Hall–Kier alpha value is -1.07. The Morgan fingerprint density at radius 1 is 1.41 bits per heavy atom. The Labute approximate surface area is 102 Å². The number of aromatic nitrogens is 2. The van der Waals surface area contributed by atoms with Crippen molar-refractivity contribution < 1.29 is 4.74 Å². The molecule has 5 nitrogen and oxygen atoms in total. The van der Waals surface area contributed by atoms with E-state index in [1.807, 2.05) is 0 Å². The Morgan fingerprint density at radius 2 is 2.18 bits per heavy atom. The number of ether oxygens (including phenoxy) is 1. The van der Waals surface area contributed by atoms with Gasteiger partial charge < -0.3 is 10.5 Å². The van der Waals surface area contributed by atoms with Crippen LogP contribution in [0.15, 0.2) is 0 Å². The quantitative estimate of drug-likeness (QED) is 0.825. The van der Waals surface area contributed by atoms with E-state index in [1.165, 1.54) is 11.3 Å². The summed E-state index contributed by atoms with van der Waals surface area (Å²) in [6.07, 6.45) is 1.02. The van der Waals surface area contributed by atoms with Crippen LogP contribution < -0.4 is 5.73 Å². The first-order valence-electron chi connectivity index (χ1n) is 6.34. The van der Waals surface area contributed by atoms with Crippen molar-refractivity contribution in [3.63, 3.8) is 0 Å². The molecular formula is C12H20N4O. The molecule has 0 unspecified atom stereocenters. The second-order valence-corrected chi connectivity index (χ2v) is 5.26. The Balaban J connectivity index is 1.92. The van der Waals surface area contributed by atoms with Crippen LogP contribution in [0.1, 0.15) is 31.1 Å². The molecule has 3 rings (SSSR count). The van der Waals surface area contributed by atoms with Gasteiger partial charge in [-0.05, 0) is 20.3 Å². The fourth-order valence-corrected chi connectivity index (χ4v) is 2.60. The van der Waals surface area contributed by atoms with Gasteiger partial charge in [0.2, 0.25) is 0 Å². The van der Waals surface area contributed by atoms with E-state index in [0.717, 1.165) is 38.5 Å². The van der Waals surface area contributed by atoms with Crippen LogP contribution in [0.3, 0.4) is 0 Å². The van der Waals surface area contributed by atoms with Gasteiger partial charge in [0.1, 0.15) is 5.82 Å². The summed E-state index contributed by atoms with van der Waals surface area (Å²) in [4.78, 5) is 2.47. The Kier molecular flexibility index (Phi) is 2.60. The summed E-state index contributed by atoms with van der Waals surface area (Å²) >= 11 is 0. The number of rotatable bonds is 2. The topological polar surface area (TPSA) is 56.3 Å². The van der Waals surface area contributed by atoms with Crippen LogP contribution in [-0.2, 0) is 17.7 Å². The van der Waals surface area contributed by atoms with E-state index in [9.17, 15) is 0 Å². The average molecular weight is 236 g/mol. The van der Waals surface area contributed by atoms with Gasteiger partial charge in [0.25, 0.3) is 0 Å². The van der Waals surface area contributed by atoms with Gasteiger partial charge in [-0.3, -0.25) is 9.58 Å². The summed E-state index contributed by atoms with van der Waals surface area (Å²) in [6.45, 7) is 8.07. The zero-order valence-electron chi connectivity index (χ0n) is 10.5. The van der Waals surface area contributed by atoms with E-state index in [0.29, 0.717) is 12.1 Å². The van der Waals surface area contributed by atoms with Crippen molar-refractivity contribution in [2.45, 2.75) is 38.9 Å². The van der Waals surface area contributed by atoms with Gasteiger partial charge in [-0.1, -0.05) is 0 Å². The highest BCUT2D eigenvalue weighted by Gasteiger charge is 2.30. The van der Waals surface area contributed by atoms with Crippen molar-refractivity contribution in [2.24, 2.45) is 0 Å². The van der Waals surface area contributed by atoms with Gasteiger partial charge in [0.05, 0.1) is 24.9 Å². The maximum Gasteiger partial charge on any atom is 0.149 e. The summed E-state index contributed by atoms with van der Waals surface area (Å²) in [6, 6.07) is 0.971. The molecule has 3 heterocycles. The third-order valence-corrected chi connectivity index (χ3v) is 3.85. The largest absolute Gasteiger partial charge is 0.382 e. The van der Waals surface area contributed by atoms with Crippen molar-refractivity contribution in [1.29, 1.82) is 0 Å². The normalized spacial score (nSPS) is 21.6. The van der Waals surface area contributed by atoms with Crippen molar-refractivity contribution in [3.8, 4) is 0 Å². The van der Waals surface area contributed by atoms with E-state index >= 15 is 0 Å². The number of fused-ring (bicyclic) bond motifs is 1. The van der Waals surface area contributed by atoms with Gasteiger partial charge in [-0.25, -0.2) is 0 Å². The van der Waals surface area contributed by atoms with E-state index in [4.69, 9.17) is 10.5 Å². The van der Waals surface area contributed by atoms with Crippen LogP contribution in [0.4, 0.5) is 5.82 Å². The maximum atomic E-state index is 6.01. The molecule has 0 spiro atoms. The zero-order chi connectivity index (χ0) is 12.0. The molecular weight excluding hydrogens is 216 g/mol. The molecule has 1 aromatic rings. The van der Waals surface area contributed by atoms with Crippen LogP contribution >= 0.6 is 0 Å². The fourth-order valence-electron chi connectivity index (χ4n) is 2.60. The van der Waals surface area contributed by atoms with Crippen molar-refractivity contribution >= 4 is 5.82 Å². The molecule has 2 aliphatic heterocycles. The number of nitrogens with two attached hydrogens (primary N) is 1. The lowest BCUT2D eigenvalue weighted by Crippen LogP contribution is -2.39. The molecule has 2 aliphatic rings. The van der Waals surface area contributed by atoms with E-state index in [-0.39, 0.29) is 0 Å². The first-order chi connectivity index (χ1) is 8.16. The average Bonchev–Trinajstić information content (AvgIpc) is 2.54. The molecule has 0 aliphatic carbocycles. The Morgan fingerprint density at radius 3 is 2.76 bits per heavy atom. The Bertz CT molecular complexity index is 422. The van der Waals surface area contributed by atoms with E-state index < -0.39 is 0 Å². The molecule has 94 valence electrons. The molecule has 0 atom stereocenters. The predicted molar refractivity (Wildman–Crippen MR) is 65.7 cm³/mol. The molecule has 0 radical (unpaired) electrons. The molecule has 0 aromatic carbocycles. The van der Waals surface area contributed by atoms with Crippen LogP contribution in [0.5, 0.6) is 0 Å². The third-order valence-electron chi connectivity index (χ3n) is 3.85. The minimum absolute atomic E-state index is 0.396. The minimum atomic E-state index is 0.396. The predicted octanol–water partition coefficient (Wildman–Crippen LogP) is 0.803. The molecule has 0 amide bonds. The van der Waals surface area contributed by atoms with E-state index in [2.05, 4.69) is 28.5 Å².